The van der Waals surface area contributed by atoms with Gasteiger partial charge in [0.05, 0.1) is 18.5 Å². The highest BCUT2D eigenvalue weighted by atomic mass is 32.2. The number of carbonyl (C=O) groups is 1. The van der Waals surface area contributed by atoms with Gasteiger partial charge in [-0.05, 0) is 26.0 Å². The van der Waals surface area contributed by atoms with Crippen LogP contribution in [0.25, 0.3) is 0 Å². The fraction of sp³-hybridized carbons (Fsp3) is 0.706. The van der Waals surface area contributed by atoms with Crippen LogP contribution in [0.3, 0.4) is 0 Å². The number of hydrogen-bond acceptors (Lipinski definition) is 6. The van der Waals surface area contributed by atoms with Crippen LogP contribution in [0.5, 0.6) is 0 Å². The molecule has 2 fully saturated rings. The number of nitrogens with zero attached hydrogens (tertiary/aromatic N) is 1. The van der Waals surface area contributed by atoms with Gasteiger partial charge in [-0.1, -0.05) is 0 Å². The van der Waals surface area contributed by atoms with E-state index in [2.05, 4.69) is 28.7 Å². The molecule has 0 bridgehead atoms. The third kappa shape index (κ3) is 7.21. The van der Waals surface area contributed by atoms with E-state index in [1.54, 1.807) is 6.92 Å². The minimum atomic E-state index is -5.08. The molecular formula is C17H25F3N2O5S2. The summed E-state index contributed by atoms with van der Waals surface area (Å²) < 4.78 is 63.5. The number of hydrogen-bond donors (Lipinski definition) is 2. The molecule has 3 atom stereocenters. The maximum absolute atomic E-state index is 11.6. The zero-order chi connectivity index (χ0) is 21.8. The normalized spacial score (nSPS) is 24.8. The highest BCUT2D eigenvalue weighted by Crippen LogP contribution is 2.34. The van der Waals surface area contributed by atoms with Crippen molar-refractivity contribution in [2.75, 3.05) is 32.0 Å². The predicted molar refractivity (Wildman–Crippen MR) is 102 cm³/mol. The smallest absolute Gasteiger partial charge is 0.475 e. The first-order valence-electron chi connectivity index (χ1n) is 9.08. The van der Waals surface area contributed by atoms with E-state index in [0.29, 0.717) is 25.0 Å². The Morgan fingerprint density at radius 1 is 1.38 bits per heavy atom. The van der Waals surface area contributed by atoms with Gasteiger partial charge >= 0.3 is 12.1 Å². The summed E-state index contributed by atoms with van der Waals surface area (Å²) in [4.78, 5) is 14.1. The van der Waals surface area contributed by atoms with Gasteiger partial charge in [0.15, 0.2) is 0 Å². The molecule has 2 aliphatic heterocycles. The number of aliphatic carboxylic acids is 1. The van der Waals surface area contributed by atoms with Crippen LogP contribution in [0.15, 0.2) is 12.1 Å². The van der Waals surface area contributed by atoms with Crippen molar-refractivity contribution in [3.63, 3.8) is 0 Å². The lowest BCUT2D eigenvalue weighted by atomic mass is 9.93. The van der Waals surface area contributed by atoms with E-state index >= 15 is 0 Å². The van der Waals surface area contributed by atoms with Crippen molar-refractivity contribution >= 4 is 27.3 Å². The molecule has 2 N–H and O–H groups in total. The Morgan fingerprint density at radius 3 is 2.55 bits per heavy atom. The molecule has 7 nitrogen and oxygen atoms in total. The minimum absolute atomic E-state index is 0.137. The van der Waals surface area contributed by atoms with Crippen LogP contribution in [-0.2, 0) is 26.1 Å². The highest BCUT2D eigenvalue weighted by Gasteiger charge is 2.43. The lowest BCUT2D eigenvalue weighted by molar-refractivity contribution is -0.192. The van der Waals surface area contributed by atoms with Crippen LogP contribution in [0.2, 0.25) is 0 Å². The summed E-state index contributed by atoms with van der Waals surface area (Å²) in [5, 5.41) is 7.12. The summed E-state index contributed by atoms with van der Waals surface area (Å²) >= 11 is 1.85. The first-order chi connectivity index (χ1) is 13.4. The molecule has 1 aromatic heterocycles. The van der Waals surface area contributed by atoms with Gasteiger partial charge in [-0.2, -0.15) is 13.2 Å². The van der Waals surface area contributed by atoms with Gasteiger partial charge < -0.3 is 9.84 Å². The third-order valence-electron chi connectivity index (χ3n) is 4.88. The summed E-state index contributed by atoms with van der Waals surface area (Å²) in [6.07, 6.45) is -4.82. The second-order valence-corrected chi connectivity index (χ2v) is 10.5. The van der Waals surface area contributed by atoms with E-state index in [1.165, 1.54) is 9.75 Å². The Bertz CT molecular complexity index is 797. The molecule has 0 saturated carbocycles. The number of alkyl halides is 3. The summed E-state index contributed by atoms with van der Waals surface area (Å²) in [5.74, 6) is -1.88. The van der Waals surface area contributed by atoms with Crippen molar-refractivity contribution in [3.05, 3.63) is 21.9 Å². The van der Waals surface area contributed by atoms with Crippen molar-refractivity contribution in [1.82, 2.24) is 9.62 Å². The SMILES string of the molecule is CCS(=O)(=O)NC[C@H]1CO[C@@H]2CN(Cc3ccc(C)s3)C[C@H]12.O=C(O)C(F)(F)F. The third-order valence-corrected chi connectivity index (χ3v) is 7.23. The monoisotopic (exact) mass is 458 g/mol. The Balaban J connectivity index is 0.000000370. The van der Waals surface area contributed by atoms with Gasteiger partial charge in [0.2, 0.25) is 10.0 Å². The number of fused-ring (bicyclic) bond motifs is 1. The van der Waals surface area contributed by atoms with E-state index < -0.39 is 22.2 Å². The number of carboxylic acids is 1. The topological polar surface area (TPSA) is 95.9 Å². The lowest BCUT2D eigenvalue weighted by Crippen LogP contribution is -2.34. The second-order valence-electron chi connectivity index (χ2n) is 7.06. The molecule has 0 aromatic carbocycles. The molecule has 1 aromatic rings. The molecule has 0 amide bonds. The van der Waals surface area contributed by atoms with Crippen LogP contribution in [0.1, 0.15) is 16.7 Å². The molecular weight excluding hydrogens is 433 g/mol. The van der Waals surface area contributed by atoms with Gasteiger partial charge in [-0.25, -0.2) is 17.9 Å². The van der Waals surface area contributed by atoms with Crippen LogP contribution in [0, 0.1) is 18.8 Å². The van der Waals surface area contributed by atoms with E-state index in [0.717, 1.165) is 19.6 Å². The van der Waals surface area contributed by atoms with Gasteiger partial charge in [-0.15, -0.1) is 11.3 Å². The van der Waals surface area contributed by atoms with Crippen LogP contribution >= 0.6 is 11.3 Å². The predicted octanol–water partition coefficient (Wildman–Crippen LogP) is 2.08. The molecule has 166 valence electrons. The average molecular weight is 459 g/mol. The average Bonchev–Trinajstić information content (AvgIpc) is 3.29. The molecule has 0 aliphatic carbocycles. The van der Waals surface area contributed by atoms with E-state index in [-0.39, 0.29) is 11.9 Å². The number of aryl methyl sites for hydroxylation is 1. The number of ether oxygens (including phenoxy) is 1. The molecule has 3 heterocycles. The van der Waals surface area contributed by atoms with Crippen molar-refractivity contribution in [1.29, 1.82) is 0 Å². The number of sulfonamides is 1. The van der Waals surface area contributed by atoms with Gasteiger partial charge in [-0.3, -0.25) is 4.90 Å². The number of rotatable bonds is 6. The zero-order valence-corrected chi connectivity index (χ0v) is 17.7. The van der Waals surface area contributed by atoms with Crippen molar-refractivity contribution in [2.45, 2.75) is 32.7 Å². The maximum atomic E-state index is 11.6. The number of nitrogens with one attached hydrogen (secondary N) is 1. The summed E-state index contributed by atoms with van der Waals surface area (Å²) in [5.41, 5.74) is 0. The van der Waals surface area contributed by atoms with Crippen LogP contribution in [-0.4, -0.2) is 68.7 Å². The summed E-state index contributed by atoms with van der Waals surface area (Å²) in [6, 6.07) is 4.36. The van der Waals surface area contributed by atoms with Gasteiger partial charge in [0, 0.05) is 47.8 Å². The molecule has 0 radical (unpaired) electrons. The summed E-state index contributed by atoms with van der Waals surface area (Å²) in [6.45, 7) is 7.90. The van der Waals surface area contributed by atoms with E-state index in [4.69, 9.17) is 14.6 Å². The molecule has 3 rings (SSSR count). The molecule has 2 saturated heterocycles. The zero-order valence-electron chi connectivity index (χ0n) is 16.1. The first-order valence-corrected chi connectivity index (χ1v) is 11.5. The fourth-order valence-electron chi connectivity index (χ4n) is 3.35. The fourth-order valence-corrected chi connectivity index (χ4v) is 4.95. The number of likely N-dealkylation sites (tertiary alicyclic amines) is 1. The second kappa shape index (κ2) is 9.73. The molecule has 0 unspecified atom stereocenters. The van der Waals surface area contributed by atoms with Crippen molar-refractivity contribution in [2.24, 2.45) is 11.8 Å². The summed E-state index contributed by atoms with van der Waals surface area (Å²) in [7, 11) is -3.11. The maximum Gasteiger partial charge on any atom is 0.490 e. The van der Waals surface area contributed by atoms with E-state index in [9.17, 15) is 21.6 Å². The number of thiophene rings is 1. The Hall–Kier alpha value is -1.21. The standard InChI is InChI=1S/C15H24N2O3S2.C2HF3O2/c1-3-22(18,19)16-6-12-10-20-15-9-17(8-14(12)15)7-13-5-4-11(2)21-13;3-2(4,5)1(6)7/h4-5,12,14-16H,3,6-10H2,1-2H3;(H,6,7)/t12-,14+,15+;/m0./s1. The highest BCUT2D eigenvalue weighted by molar-refractivity contribution is 7.89. The largest absolute Gasteiger partial charge is 0.490 e. The Labute approximate surface area is 171 Å². The Kier molecular flexibility index (Phi) is 8.08. The lowest BCUT2D eigenvalue weighted by Gasteiger charge is -2.19. The minimum Gasteiger partial charge on any atom is -0.475 e. The molecule has 2 aliphatic rings. The van der Waals surface area contributed by atoms with E-state index in [1.807, 2.05) is 11.3 Å². The number of carboxylic acid groups (broad SMARTS) is 1. The first kappa shape index (κ1) is 24.1. The van der Waals surface area contributed by atoms with Gasteiger partial charge in [0.25, 0.3) is 0 Å². The quantitative estimate of drug-likeness (QED) is 0.678. The Morgan fingerprint density at radius 2 is 2.03 bits per heavy atom. The molecule has 29 heavy (non-hydrogen) atoms. The number of halogens is 3. The van der Waals surface area contributed by atoms with Crippen LogP contribution < -0.4 is 4.72 Å². The van der Waals surface area contributed by atoms with Gasteiger partial charge in [0.1, 0.15) is 0 Å². The molecule has 0 spiro atoms. The van der Waals surface area contributed by atoms with Crippen molar-refractivity contribution in [3.8, 4) is 0 Å². The molecule has 12 heteroatoms. The van der Waals surface area contributed by atoms with Crippen molar-refractivity contribution < 1.29 is 36.2 Å². The van der Waals surface area contributed by atoms with Crippen LogP contribution in [0.4, 0.5) is 13.2 Å².